The first-order chi connectivity index (χ1) is 12.9. The van der Waals surface area contributed by atoms with Crippen LogP contribution in [0.1, 0.15) is 6.92 Å². The lowest BCUT2D eigenvalue weighted by Gasteiger charge is -2.37. The van der Waals surface area contributed by atoms with E-state index in [0.29, 0.717) is 0 Å². The Hall–Kier alpha value is -1.84. The van der Waals surface area contributed by atoms with Gasteiger partial charge in [-0.3, -0.25) is 0 Å². The lowest BCUT2D eigenvalue weighted by molar-refractivity contribution is -0.366. The quantitative estimate of drug-likeness (QED) is 0.246. The molecule has 2 atom stereocenters. The van der Waals surface area contributed by atoms with Crippen molar-refractivity contribution in [1.29, 1.82) is 0 Å². The second kappa shape index (κ2) is 8.01. The minimum Gasteiger partial charge on any atom is -0.456 e. The average molecular weight is 482 g/mol. The summed E-state index contributed by atoms with van der Waals surface area (Å²) in [6, 6.07) is 0. The van der Waals surface area contributed by atoms with Crippen LogP contribution in [0.5, 0.6) is 0 Å². The molecule has 0 spiro atoms. The van der Waals surface area contributed by atoms with E-state index in [1.165, 1.54) is 0 Å². The first-order valence-corrected chi connectivity index (χ1v) is 6.99. The van der Waals surface area contributed by atoms with Crippen molar-refractivity contribution in [3.05, 3.63) is 12.2 Å². The Kier molecular flexibility index (Phi) is 7.52. The summed E-state index contributed by atoms with van der Waals surface area (Å²) in [6.45, 7) is -1.61. The van der Waals surface area contributed by atoms with Crippen LogP contribution in [-0.2, 0) is 9.53 Å². The summed E-state index contributed by atoms with van der Waals surface area (Å²) in [5.74, 6) is -36.4. The Morgan fingerprint density at radius 1 is 0.833 bits per heavy atom. The van der Waals surface area contributed by atoms with E-state index in [2.05, 4.69) is 4.74 Å². The van der Waals surface area contributed by atoms with Crippen LogP contribution >= 0.6 is 0 Å². The summed E-state index contributed by atoms with van der Waals surface area (Å²) < 4.78 is 196. The van der Waals surface area contributed by atoms with Crippen molar-refractivity contribution in [1.82, 2.24) is 0 Å². The highest BCUT2D eigenvalue weighted by molar-refractivity contribution is 5.90. The molecule has 0 radical (unpaired) electrons. The molecule has 0 aromatic rings. The van der Waals surface area contributed by atoms with Crippen LogP contribution in [0.15, 0.2) is 12.2 Å². The Bertz CT molecular complexity index is 649. The first-order valence-electron chi connectivity index (χ1n) is 6.99. The van der Waals surface area contributed by atoms with Crippen LogP contribution in [0.4, 0.5) is 65.9 Å². The molecular formula is C13H9F15O2. The molecule has 0 heterocycles. The van der Waals surface area contributed by atoms with Crippen LogP contribution in [0.2, 0.25) is 0 Å². The van der Waals surface area contributed by atoms with Gasteiger partial charge in [-0.05, 0) is 6.92 Å². The maximum atomic E-state index is 13.6. The molecule has 2 nitrogen and oxygen atoms in total. The van der Waals surface area contributed by atoms with Gasteiger partial charge in [0.2, 0.25) is 0 Å². The number of carbonyl (C=O) groups is 1. The molecule has 0 aliphatic heterocycles. The van der Waals surface area contributed by atoms with Gasteiger partial charge in [-0.1, -0.05) is 6.58 Å². The Labute approximate surface area is 156 Å². The van der Waals surface area contributed by atoms with E-state index >= 15 is 0 Å². The van der Waals surface area contributed by atoms with Crippen molar-refractivity contribution in [2.24, 2.45) is 0 Å². The summed E-state index contributed by atoms with van der Waals surface area (Å²) in [5.41, 5.74) is -3.19. The lowest BCUT2D eigenvalue weighted by Crippen LogP contribution is -2.65. The van der Waals surface area contributed by atoms with E-state index in [1.54, 1.807) is 6.58 Å². The van der Waals surface area contributed by atoms with Crippen molar-refractivity contribution in [3.63, 3.8) is 0 Å². The highest BCUT2D eigenvalue weighted by Crippen LogP contribution is 2.55. The molecule has 0 saturated heterocycles. The molecule has 0 fully saturated rings. The number of carbonyl (C=O) groups excluding carboxylic acids is 1. The van der Waals surface area contributed by atoms with Crippen LogP contribution < -0.4 is 0 Å². The van der Waals surface area contributed by atoms with Crippen molar-refractivity contribution in [3.8, 4) is 0 Å². The van der Waals surface area contributed by atoms with Gasteiger partial charge < -0.3 is 4.74 Å². The molecule has 0 rings (SSSR count). The summed E-state index contributed by atoms with van der Waals surface area (Å²) in [6.07, 6.45) is -15.4. The molecule has 0 aromatic carbocycles. The van der Waals surface area contributed by atoms with Crippen LogP contribution in [0, 0.1) is 0 Å². The van der Waals surface area contributed by atoms with Gasteiger partial charge in [-0.15, -0.1) is 0 Å². The zero-order valence-electron chi connectivity index (χ0n) is 14.1. The molecule has 0 aromatic heterocycles. The smallest absolute Gasteiger partial charge is 0.425 e. The fraction of sp³-hybridized carbons (Fsp3) is 0.769. The van der Waals surface area contributed by atoms with Gasteiger partial charge in [0, 0.05) is 0 Å². The van der Waals surface area contributed by atoms with Gasteiger partial charge in [-0.2, -0.15) is 57.1 Å². The summed E-state index contributed by atoms with van der Waals surface area (Å²) >= 11 is 0. The van der Waals surface area contributed by atoms with E-state index in [-0.39, 0.29) is 0 Å². The number of hydrogen-bond acceptors (Lipinski definition) is 2. The van der Waals surface area contributed by atoms with Gasteiger partial charge in [0.1, 0.15) is 5.57 Å². The zero-order valence-corrected chi connectivity index (χ0v) is 14.1. The van der Waals surface area contributed by atoms with E-state index in [9.17, 15) is 70.7 Å². The zero-order chi connectivity index (χ0) is 24.7. The van der Waals surface area contributed by atoms with Crippen LogP contribution in [-0.4, -0.2) is 60.7 Å². The summed E-state index contributed by atoms with van der Waals surface area (Å²) in [5, 5.41) is 0. The van der Waals surface area contributed by atoms with E-state index < -0.39 is 73.2 Å². The molecule has 0 amide bonds. The maximum Gasteiger partial charge on any atom is 0.425 e. The predicted octanol–water partition coefficient (Wildman–Crippen LogP) is 5.52. The molecule has 178 valence electrons. The number of esters is 1. The third kappa shape index (κ3) is 4.73. The van der Waals surface area contributed by atoms with Crippen LogP contribution in [0.25, 0.3) is 0 Å². The second-order valence-electron chi connectivity index (χ2n) is 5.68. The standard InChI is InChI=1S/C13H9F15O2/c1-4(6(29)30-3-8(16,17)7(15)11(22,23)24)9(18,19)12(25,26)13(27,28)10(20,21)5(2)14/h5,7H,1,3H2,2H3. The van der Waals surface area contributed by atoms with Gasteiger partial charge >= 0.3 is 41.8 Å². The molecular weight excluding hydrogens is 473 g/mol. The van der Waals surface area contributed by atoms with Gasteiger partial charge in [0.15, 0.2) is 12.8 Å². The Balaban J connectivity index is 5.72. The fourth-order valence-electron chi connectivity index (χ4n) is 1.54. The Morgan fingerprint density at radius 2 is 1.23 bits per heavy atom. The van der Waals surface area contributed by atoms with Gasteiger partial charge in [0.05, 0.1) is 0 Å². The third-order valence-corrected chi connectivity index (χ3v) is 3.39. The lowest BCUT2D eigenvalue weighted by atomic mass is 9.92. The Morgan fingerprint density at radius 3 is 1.57 bits per heavy atom. The van der Waals surface area contributed by atoms with Crippen LogP contribution in [0.3, 0.4) is 0 Å². The van der Waals surface area contributed by atoms with Gasteiger partial charge in [0.25, 0.3) is 6.17 Å². The topological polar surface area (TPSA) is 26.3 Å². The highest BCUT2D eigenvalue weighted by Gasteiger charge is 2.82. The average Bonchev–Trinajstić information content (AvgIpc) is 2.56. The van der Waals surface area contributed by atoms with E-state index in [1.807, 2.05) is 0 Å². The second-order valence-corrected chi connectivity index (χ2v) is 5.68. The minimum absolute atomic E-state index is 0.401. The molecule has 30 heavy (non-hydrogen) atoms. The maximum absolute atomic E-state index is 13.6. The normalized spacial score (nSPS) is 16.8. The molecule has 0 bridgehead atoms. The minimum atomic E-state index is -7.28. The number of ether oxygens (including phenoxy) is 1. The first kappa shape index (κ1) is 28.2. The summed E-state index contributed by atoms with van der Waals surface area (Å²) in [7, 11) is 0. The number of hydrogen-bond donors (Lipinski definition) is 0. The van der Waals surface area contributed by atoms with E-state index in [4.69, 9.17) is 0 Å². The number of rotatable bonds is 9. The molecule has 0 N–H and O–H groups in total. The number of halogens is 15. The molecule has 17 heteroatoms. The molecule has 0 aliphatic carbocycles. The predicted molar refractivity (Wildman–Crippen MR) is 66.4 cm³/mol. The van der Waals surface area contributed by atoms with Crippen molar-refractivity contribution < 1.29 is 75.4 Å². The largest absolute Gasteiger partial charge is 0.456 e. The molecule has 0 saturated carbocycles. The van der Waals surface area contributed by atoms with Crippen molar-refractivity contribution >= 4 is 5.97 Å². The monoisotopic (exact) mass is 482 g/mol. The van der Waals surface area contributed by atoms with Crippen molar-refractivity contribution in [2.45, 2.75) is 55.1 Å². The van der Waals surface area contributed by atoms with Crippen molar-refractivity contribution in [2.75, 3.05) is 6.61 Å². The number of alkyl halides is 15. The van der Waals surface area contributed by atoms with E-state index in [0.717, 1.165) is 0 Å². The highest BCUT2D eigenvalue weighted by atomic mass is 19.4. The SMILES string of the molecule is C=C(C(=O)OCC(F)(F)C(F)C(F)(F)F)C(F)(F)C(F)(F)C(F)(F)C(F)(F)C(C)F. The fourth-order valence-corrected chi connectivity index (χ4v) is 1.54. The summed E-state index contributed by atoms with van der Waals surface area (Å²) in [4.78, 5) is 11.1. The third-order valence-electron chi connectivity index (χ3n) is 3.39. The van der Waals surface area contributed by atoms with Gasteiger partial charge in [-0.25, -0.2) is 13.6 Å². The molecule has 0 aliphatic rings. The molecule has 2 unspecified atom stereocenters.